The van der Waals surface area contributed by atoms with Crippen molar-refractivity contribution in [3.8, 4) is 5.75 Å². The van der Waals surface area contributed by atoms with Crippen LogP contribution in [-0.2, 0) is 9.59 Å². The zero-order valence-corrected chi connectivity index (χ0v) is 19.9. The van der Waals surface area contributed by atoms with Crippen LogP contribution >= 0.6 is 0 Å². The first-order chi connectivity index (χ1) is 16.4. The first-order valence-electron chi connectivity index (χ1n) is 12.2. The largest absolute Gasteiger partial charge is 0.425 e. The average molecular weight is 457 g/mol. The molecule has 0 saturated heterocycles. The molecule has 1 heterocycles. The summed E-state index contributed by atoms with van der Waals surface area (Å²) in [5.74, 6) is 0.636. The van der Waals surface area contributed by atoms with Crippen molar-refractivity contribution in [2.45, 2.75) is 52.0 Å². The van der Waals surface area contributed by atoms with E-state index < -0.39 is 0 Å². The number of anilines is 2. The minimum Gasteiger partial charge on any atom is -0.425 e. The van der Waals surface area contributed by atoms with Crippen molar-refractivity contribution in [1.29, 1.82) is 0 Å². The van der Waals surface area contributed by atoms with Gasteiger partial charge in [0, 0.05) is 17.7 Å². The van der Waals surface area contributed by atoms with Gasteiger partial charge in [-0.1, -0.05) is 56.3 Å². The predicted molar refractivity (Wildman–Crippen MR) is 135 cm³/mol. The molecule has 0 bridgehead atoms. The molecule has 2 atom stereocenters. The lowest BCUT2D eigenvalue weighted by Crippen LogP contribution is -2.48. The summed E-state index contributed by atoms with van der Waals surface area (Å²) in [6.07, 6.45) is 8.63. The number of ketones is 1. The van der Waals surface area contributed by atoms with Gasteiger partial charge in [-0.2, -0.15) is 0 Å². The van der Waals surface area contributed by atoms with Crippen molar-refractivity contribution in [3.05, 3.63) is 78.0 Å². The van der Waals surface area contributed by atoms with Gasteiger partial charge in [0.2, 0.25) is 0 Å². The topological polar surface area (TPSA) is 58.6 Å². The van der Waals surface area contributed by atoms with E-state index in [1.54, 1.807) is 12.1 Å². The third-order valence-electron chi connectivity index (χ3n) is 7.08. The van der Waals surface area contributed by atoms with Gasteiger partial charge in [-0.05, 0) is 61.3 Å². The summed E-state index contributed by atoms with van der Waals surface area (Å²) in [6.45, 7) is 4.38. The lowest BCUT2D eigenvalue weighted by Gasteiger charge is -2.41. The van der Waals surface area contributed by atoms with Crippen LogP contribution in [0.25, 0.3) is 0 Å². The Balaban J connectivity index is 1.59. The fourth-order valence-electron chi connectivity index (χ4n) is 5.66. The van der Waals surface area contributed by atoms with Gasteiger partial charge >= 0.3 is 5.97 Å². The number of hydrogen-bond acceptors (Lipinski definition) is 5. The Morgan fingerprint density at radius 1 is 1.06 bits per heavy atom. The van der Waals surface area contributed by atoms with Gasteiger partial charge in [0.1, 0.15) is 12.3 Å². The number of rotatable bonds is 4. The molecular weight excluding hydrogens is 424 g/mol. The van der Waals surface area contributed by atoms with Crippen LogP contribution in [0.4, 0.5) is 11.4 Å². The van der Waals surface area contributed by atoms with E-state index in [-0.39, 0.29) is 35.7 Å². The predicted octanol–water partition coefficient (Wildman–Crippen LogP) is 5.89. The van der Waals surface area contributed by atoms with Crippen molar-refractivity contribution in [2.24, 2.45) is 11.3 Å². The number of benzene rings is 2. The Kier molecular flexibility index (Phi) is 6.03. The Bertz CT molecular complexity index is 1150. The van der Waals surface area contributed by atoms with Gasteiger partial charge < -0.3 is 15.0 Å². The van der Waals surface area contributed by atoms with E-state index in [1.165, 1.54) is 0 Å². The van der Waals surface area contributed by atoms with Crippen molar-refractivity contribution in [2.75, 3.05) is 16.8 Å². The SMILES string of the molecule is CC1(C)CC(=O)C2=C(C1)Nc1ccccc1N(CC(=O)Oc1ccccc1)[C@H]2[C@H]1CC=CCC1. The number of allylic oxidation sites excluding steroid dienone is 3. The summed E-state index contributed by atoms with van der Waals surface area (Å²) < 4.78 is 5.69. The Morgan fingerprint density at radius 2 is 1.82 bits per heavy atom. The van der Waals surface area contributed by atoms with Gasteiger partial charge in [0.25, 0.3) is 0 Å². The molecule has 0 fully saturated rings. The highest BCUT2D eigenvalue weighted by Gasteiger charge is 2.44. The van der Waals surface area contributed by atoms with Gasteiger partial charge in [-0.25, -0.2) is 4.79 Å². The van der Waals surface area contributed by atoms with E-state index in [2.05, 4.69) is 36.2 Å². The second-order valence-corrected chi connectivity index (χ2v) is 10.4. The number of esters is 1. The molecule has 1 aliphatic heterocycles. The molecule has 2 aromatic carbocycles. The van der Waals surface area contributed by atoms with E-state index in [4.69, 9.17) is 4.74 Å². The Labute approximate surface area is 201 Å². The number of Topliss-reactive ketones (excluding diaryl/α,β-unsaturated/α-hetero) is 1. The van der Waals surface area contributed by atoms with Gasteiger partial charge in [0.05, 0.1) is 17.4 Å². The minimum absolute atomic E-state index is 0.0753. The summed E-state index contributed by atoms with van der Waals surface area (Å²) in [4.78, 5) is 29.0. The number of para-hydroxylation sites is 3. The molecule has 0 spiro atoms. The number of nitrogens with zero attached hydrogens (tertiary/aromatic N) is 1. The molecule has 2 aromatic rings. The minimum atomic E-state index is -0.329. The number of hydrogen-bond donors (Lipinski definition) is 1. The second-order valence-electron chi connectivity index (χ2n) is 10.4. The smallest absolute Gasteiger partial charge is 0.330 e. The third kappa shape index (κ3) is 4.52. The molecule has 5 rings (SSSR count). The van der Waals surface area contributed by atoms with Gasteiger partial charge in [0.15, 0.2) is 5.78 Å². The van der Waals surface area contributed by atoms with Crippen molar-refractivity contribution in [1.82, 2.24) is 0 Å². The first kappa shape index (κ1) is 22.5. The molecule has 5 heteroatoms. The van der Waals surface area contributed by atoms with Gasteiger partial charge in [-0.15, -0.1) is 0 Å². The van der Waals surface area contributed by atoms with Crippen molar-refractivity contribution in [3.63, 3.8) is 0 Å². The Morgan fingerprint density at radius 3 is 2.59 bits per heavy atom. The monoisotopic (exact) mass is 456 g/mol. The van der Waals surface area contributed by atoms with Gasteiger partial charge in [-0.3, -0.25) is 4.79 Å². The Hall–Kier alpha value is -3.34. The molecule has 1 N–H and O–H groups in total. The van der Waals surface area contributed by atoms with Crippen LogP contribution in [0.5, 0.6) is 5.75 Å². The maximum Gasteiger partial charge on any atom is 0.330 e. The van der Waals surface area contributed by atoms with Crippen molar-refractivity contribution < 1.29 is 14.3 Å². The molecule has 34 heavy (non-hydrogen) atoms. The molecule has 2 aliphatic carbocycles. The van der Waals surface area contributed by atoms with Crippen LogP contribution in [0.3, 0.4) is 0 Å². The summed E-state index contributed by atoms with van der Waals surface area (Å²) in [6, 6.07) is 17.0. The molecule has 3 aliphatic rings. The fourth-order valence-corrected chi connectivity index (χ4v) is 5.66. The lowest BCUT2D eigenvalue weighted by atomic mass is 9.71. The molecule has 0 radical (unpaired) electrons. The molecule has 176 valence electrons. The van der Waals surface area contributed by atoms with Crippen LogP contribution in [0.2, 0.25) is 0 Å². The van der Waals surface area contributed by atoms with E-state index in [0.717, 1.165) is 48.3 Å². The fraction of sp³-hybridized carbons (Fsp3) is 0.379. The summed E-state index contributed by atoms with van der Waals surface area (Å²) >= 11 is 0. The van der Waals surface area contributed by atoms with Crippen LogP contribution in [0.1, 0.15) is 46.0 Å². The molecule has 0 amide bonds. The average Bonchev–Trinajstić information content (AvgIpc) is 2.94. The number of carbonyl (C=O) groups excluding carboxylic acids is 2. The third-order valence-corrected chi connectivity index (χ3v) is 7.08. The van der Waals surface area contributed by atoms with Crippen LogP contribution < -0.4 is 15.0 Å². The maximum absolute atomic E-state index is 13.7. The van der Waals surface area contributed by atoms with E-state index in [9.17, 15) is 9.59 Å². The summed E-state index contributed by atoms with van der Waals surface area (Å²) in [5.41, 5.74) is 3.63. The van der Waals surface area contributed by atoms with E-state index in [1.807, 2.05) is 42.5 Å². The second kappa shape index (κ2) is 9.13. The molecule has 5 nitrogen and oxygen atoms in total. The number of fused-ring (bicyclic) bond motifs is 1. The molecular formula is C29H32N2O3. The zero-order valence-electron chi connectivity index (χ0n) is 19.9. The van der Waals surface area contributed by atoms with Crippen LogP contribution in [0.15, 0.2) is 78.0 Å². The zero-order chi connectivity index (χ0) is 23.7. The normalized spacial score (nSPS) is 23.5. The van der Waals surface area contributed by atoms with Crippen LogP contribution in [0, 0.1) is 11.3 Å². The highest BCUT2D eigenvalue weighted by atomic mass is 16.5. The van der Waals surface area contributed by atoms with E-state index >= 15 is 0 Å². The number of carbonyl (C=O) groups is 2. The quantitative estimate of drug-likeness (QED) is 0.353. The molecule has 0 unspecified atom stereocenters. The number of nitrogens with one attached hydrogen (secondary N) is 1. The highest BCUT2D eigenvalue weighted by molar-refractivity contribution is 6.01. The summed E-state index contributed by atoms with van der Waals surface area (Å²) in [5, 5.41) is 3.62. The van der Waals surface area contributed by atoms with E-state index in [0.29, 0.717) is 12.2 Å². The standard InChI is InChI=1S/C29H32N2O3/c1-29(2)17-23-27(25(32)18-29)28(20-11-5-3-6-12-20)31(24-16-10-9-15-22(24)30-23)19-26(33)34-21-13-7-4-8-14-21/h3-5,7-10,13-16,20,28,30H,6,11-12,17-19H2,1-2H3/t20-,28-/m0/s1. The summed E-state index contributed by atoms with van der Waals surface area (Å²) in [7, 11) is 0. The highest BCUT2D eigenvalue weighted by Crippen LogP contribution is 2.46. The molecule has 0 aromatic heterocycles. The number of ether oxygens (including phenoxy) is 1. The lowest BCUT2D eigenvalue weighted by molar-refractivity contribution is -0.133. The molecule has 0 saturated carbocycles. The first-order valence-corrected chi connectivity index (χ1v) is 12.2. The maximum atomic E-state index is 13.7. The van der Waals surface area contributed by atoms with Crippen molar-refractivity contribution >= 4 is 23.1 Å². The van der Waals surface area contributed by atoms with Crippen LogP contribution in [-0.4, -0.2) is 24.3 Å².